The fraction of sp³-hybridized carbons (Fsp3) is 0.794. The monoisotopic (exact) mass is 965 g/mol. The first-order chi connectivity index (χ1) is 34.0. The molecule has 0 rings (SSSR count). The summed E-state index contributed by atoms with van der Waals surface area (Å²) in [5.74, 6) is -0.885. The highest BCUT2D eigenvalue weighted by atomic mass is 16.6. The van der Waals surface area contributed by atoms with Gasteiger partial charge in [0.05, 0.1) is 0 Å². The van der Waals surface area contributed by atoms with Gasteiger partial charge in [-0.15, -0.1) is 0 Å². The zero-order chi connectivity index (χ0) is 50.0. The van der Waals surface area contributed by atoms with Crippen LogP contribution in [0, 0.1) is 0 Å². The molecule has 69 heavy (non-hydrogen) atoms. The Kier molecular flexibility index (Phi) is 55.3. The van der Waals surface area contributed by atoms with Crippen LogP contribution in [-0.2, 0) is 28.6 Å². The maximum absolute atomic E-state index is 12.9. The maximum atomic E-state index is 12.9. The van der Waals surface area contributed by atoms with Crippen molar-refractivity contribution in [1.29, 1.82) is 0 Å². The molecule has 0 aromatic rings. The minimum absolute atomic E-state index is 0.0769. The van der Waals surface area contributed by atoms with Crippen molar-refractivity contribution >= 4 is 17.9 Å². The predicted octanol–water partition coefficient (Wildman–Crippen LogP) is 20.0. The van der Waals surface area contributed by atoms with Crippen molar-refractivity contribution in [3.8, 4) is 0 Å². The molecule has 0 aliphatic heterocycles. The molecule has 0 N–H and O–H groups in total. The van der Waals surface area contributed by atoms with E-state index in [4.69, 9.17) is 14.2 Å². The van der Waals surface area contributed by atoms with Crippen molar-refractivity contribution < 1.29 is 28.6 Å². The van der Waals surface area contributed by atoms with Crippen LogP contribution in [0.4, 0.5) is 0 Å². The smallest absolute Gasteiger partial charge is 0.306 e. The average molecular weight is 966 g/mol. The molecule has 0 aromatic heterocycles. The highest BCUT2D eigenvalue weighted by Crippen LogP contribution is 2.17. The summed E-state index contributed by atoms with van der Waals surface area (Å²) in [6.07, 6.45) is 72.3. The predicted molar refractivity (Wildman–Crippen MR) is 298 cm³/mol. The highest BCUT2D eigenvalue weighted by Gasteiger charge is 2.19. The van der Waals surface area contributed by atoms with Gasteiger partial charge in [0, 0.05) is 19.3 Å². The fourth-order valence-corrected chi connectivity index (χ4v) is 8.59. The Balaban J connectivity index is 4.27. The van der Waals surface area contributed by atoms with E-state index >= 15 is 0 Å². The van der Waals surface area contributed by atoms with Crippen LogP contribution in [0.2, 0.25) is 0 Å². The number of rotatable bonds is 54. The molecule has 1 unspecified atom stereocenters. The molecule has 6 nitrogen and oxygen atoms in total. The van der Waals surface area contributed by atoms with Crippen molar-refractivity contribution in [3.63, 3.8) is 0 Å². The summed E-state index contributed by atoms with van der Waals surface area (Å²) < 4.78 is 16.8. The van der Waals surface area contributed by atoms with Crippen LogP contribution in [0.1, 0.15) is 303 Å². The van der Waals surface area contributed by atoms with Crippen LogP contribution >= 0.6 is 0 Å². The zero-order valence-corrected chi connectivity index (χ0v) is 45.8. The van der Waals surface area contributed by atoms with Gasteiger partial charge in [-0.25, -0.2) is 0 Å². The van der Waals surface area contributed by atoms with Crippen LogP contribution in [0.5, 0.6) is 0 Å². The van der Waals surface area contributed by atoms with E-state index in [1.165, 1.54) is 154 Å². The molecular weight excluding hydrogens is 853 g/mol. The normalized spacial score (nSPS) is 12.4. The van der Waals surface area contributed by atoms with Crippen LogP contribution < -0.4 is 0 Å². The van der Waals surface area contributed by atoms with E-state index in [2.05, 4.69) is 81.5 Å². The van der Waals surface area contributed by atoms with Crippen molar-refractivity contribution in [1.82, 2.24) is 0 Å². The minimum Gasteiger partial charge on any atom is -0.462 e. The summed E-state index contributed by atoms with van der Waals surface area (Å²) in [5, 5.41) is 0. The lowest BCUT2D eigenvalue weighted by Crippen LogP contribution is -2.30. The van der Waals surface area contributed by atoms with Crippen LogP contribution in [0.25, 0.3) is 0 Å². The van der Waals surface area contributed by atoms with Crippen molar-refractivity contribution in [2.24, 2.45) is 0 Å². The lowest BCUT2D eigenvalue weighted by Gasteiger charge is -2.18. The number of unbranched alkanes of at least 4 members (excludes halogenated alkanes) is 33. The first-order valence-corrected chi connectivity index (χ1v) is 29.8. The number of hydrogen-bond donors (Lipinski definition) is 0. The molecule has 400 valence electrons. The molecule has 0 aliphatic rings. The van der Waals surface area contributed by atoms with Gasteiger partial charge in [-0.05, 0) is 64.2 Å². The summed E-state index contributed by atoms with van der Waals surface area (Å²) in [7, 11) is 0. The molecule has 0 radical (unpaired) electrons. The van der Waals surface area contributed by atoms with E-state index in [1.807, 2.05) is 0 Å². The van der Waals surface area contributed by atoms with E-state index in [0.717, 1.165) is 109 Å². The Morgan fingerprint density at radius 1 is 0.304 bits per heavy atom. The molecular formula is C63H112O6. The minimum atomic E-state index is -0.778. The number of carbonyl (C=O) groups is 3. The van der Waals surface area contributed by atoms with Crippen molar-refractivity contribution in [3.05, 3.63) is 60.8 Å². The van der Waals surface area contributed by atoms with E-state index in [0.29, 0.717) is 19.3 Å². The third-order valence-electron chi connectivity index (χ3n) is 13.0. The van der Waals surface area contributed by atoms with E-state index in [9.17, 15) is 14.4 Å². The number of hydrogen-bond acceptors (Lipinski definition) is 6. The van der Waals surface area contributed by atoms with Gasteiger partial charge in [0.25, 0.3) is 0 Å². The number of carbonyl (C=O) groups excluding carboxylic acids is 3. The Labute approximate surface area is 428 Å². The van der Waals surface area contributed by atoms with Gasteiger partial charge in [-0.2, -0.15) is 0 Å². The summed E-state index contributed by atoms with van der Waals surface area (Å²) in [4.78, 5) is 38.1. The first-order valence-electron chi connectivity index (χ1n) is 29.8. The van der Waals surface area contributed by atoms with Gasteiger partial charge >= 0.3 is 17.9 Å². The van der Waals surface area contributed by atoms with Crippen LogP contribution in [0.15, 0.2) is 60.8 Å². The molecule has 1 atom stereocenters. The lowest BCUT2D eigenvalue weighted by atomic mass is 10.0. The van der Waals surface area contributed by atoms with Crippen molar-refractivity contribution in [2.45, 2.75) is 309 Å². The van der Waals surface area contributed by atoms with Gasteiger partial charge in [-0.3, -0.25) is 14.4 Å². The molecule has 0 aliphatic carbocycles. The topological polar surface area (TPSA) is 78.9 Å². The standard InChI is InChI=1S/C63H112O6/c1-4-7-10-13-16-19-21-23-25-27-29-31-33-35-37-39-41-44-47-50-53-56-62(65)68-59-60(58-67-61(64)55-52-49-46-43-18-15-12-9-6-3)69-63(66)57-54-51-48-45-42-40-38-36-34-32-30-28-26-24-22-20-17-14-11-8-5-2/h7,10,16,19,23,25,29,31,35,37,60H,4-6,8-9,11-15,17-18,20-22,24,26-28,30,32-34,36,38-59H2,1-3H3/b10-7-,19-16-,25-23-,31-29-,37-35-. The zero-order valence-electron chi connectivity index (χ0n) is 45.8. The Morgan fingerprint density at radius 2 is 0.565 bits per heavy atom. The van der Waals surface area contributed by atoms with E-state index in [1.54, 1.807) is 0 Å². The second kappa shape index (κ2) is 57.7. The number of allylic oxidation sites excluding steroid dienone is 10. The molecule has 0 spiro atoms. The summed E-state index contributed by atoms with van der Waals surface area (Å²) in [6, 6.07) is 0. The van der Waals surface area contributed by atoms with E-state index < -0.39 is 6.10 Å². The average Bonchev–Trinajstić information content (AvgIpc) is 3.35. The molecule has 0 bridgehead atoms. The molecule has 0 fully saturated rings. The highest BCUT2D eigenvalue weighted by molar-refractivity contribution is 5.71. The van der Waals surface area contributed by atoms with Gasteiger partial charge in [0.1, 0.15) is 13.2 Å². The molecule has 6 heteroatoms. The second-order valence-electron chi connectivity index (χ2n) is 19.9. The van der Waals surface area contributed by atoms with Crippen LogP contribution in [-0.4, -0.2) is 37.2 Å². The molecule has 0 saturated carbocycles. The molecule has 0 aromatic carbocycles. The van der Waals surface area contributed by atoms with Gasteiger partial charge in [0.15, 0.2) is 6.10 Å². The summed E-state index contributed by atoms with van der Waals surface area (Å²) in [6.45, 7) is 6.53. The third kappa shape index (κ3) is 55.9. The van der Waals surface area contributed by atoms with E-state index in [-0.39, 0.29) is 31.1 Å². The van der Waals surface area contributed by atoms with Crippen LogP contribution in [0.3, 0.4) is 0 Å². The van der Waals surface area contributed by atoms with Gasteiger partial charge < -0.3 is 14.2 Å². The Morgan fingerprint density at radius 3 is 0.884 bits per heavy atom. The SMILES string of the molecule is CC/C=C\C/C=C\C/C=C\C/C=C\C/C=C\CCCCCCCC(=O)OCC(COC(=O)CCCCCCCCCCC)OC(=O)CCCCCCCCCCCCCCCCCCCCCCC. The van der Waals surface area contributed by atoms with Gasteiger partial charge in [0.2, 0.25) is 0 Å². The Bertz CT molecular complexity index is 1250. The Hall–Kier alpha value is -2.89. The third-order valence-corrected chi connectivity index (χ3v) is 13.0. The van der Waals surface area contributed by atoms with Crippen molar-refractivity contribution in [2.75, 3.05) is 13.2 Å². The molecule has 0 amide bonds. The summed E-state index contributed by atoms with van der Waals surface area (Å²) >= 11 is 0. The summed E-state index contributed by atoms with van der Waals surface area (Å²) in [5.41, 5.74) is 0. The second-order valence-corrected chi connectivity index (χ2v) is 19.9. The first kappa shape index (κ1) is 66.1. The molecule has 0 saturated heterocycles. The lowest BCUT2D eigenvalue weighted by molar-refractivity contribution is -0.167. The number of ether oxygens (including phenoxy) is 3. The fourth-order valence-electron chi connectivity index (χ4n) is 8.59. The largest absolute Gasteiger partial charge is 0.462 e. The molecule has 0 heterocycles. The maximum Gasteiger partial charge on any atom is 0.306 e. The van der Waals surface area contributed by atoms with Gasteiger partial charge in [-0.1, -0.05) is 281 Å². The number of esters is 3. The quantitative estimate of drug-likeness (QED) is 0.0262.